The lowest BCUT2D eigenvalue weighted by molar-refractivity contribution is 0.0954. The molecule has 0 aliphatic carbocycles. The normalized spacial score (nSPS) is 10.3. The number of halogens is 1. The average molecular weight is 392 g/mol. The molecule has 0 aliphatic heterocycles. The van der Waals surface area contributed by atoms with Crippen molar-refractivity contribution in [3.8, 4) is 5.75 Å². The zero-order valence-corrected chi connectivity index (χ0v) is 15.9. The molecule has 5 nitrogen and oxygen atoms in total. The minimum absolute atomic E-state index is 0.265. The highest BCUT2D eigenvalue weighted by Gasteiger charge is 2.18. The Morgan fingerprint density at radius 1 is 0.897 bits per heavy atom. The minimum Gasteiger partial charge on any atom is -0.495 e. The van der Waals surface area contributed by atoms with Crippen molar-refractivity contribution in [1.82, 2.24) is 5.32 Å². The van der Waals surface area contributed by atoms with Crippen LogP contribution in [-0.4, -0.2) is 25.5 Å². The third kappa shape index (κ3) is 5.19. The van der Waals surface area contributed by atoms with E-state index in [1.54, 1.807) is 18.2 Å². The molecular formula is C23H21FN2O3. The molecule has 0 saturated heterocycles. The van der Waals surface area contributed by atoms with Crippen LogP contribution < -0.4 is 15.4 Å². The van der Waals surface area contributed by atoms with Crippen LogP contribution in [0.5, 0.6) is 5.75 Å². The van der Waals surface area contributed by atoms with Crippen molar-refractivity contribution in [3.63, 3.8) is 0 Å². The number of rotatable bonds is 7. The van der Waals surface area contributed by atoms with Crippen molar-refractivity contribution >= 4 is 17.5 Å². The molecule has 29 heavy (non-hydrogen) atoms. The highest BCUT2D eigenvalue weighted by atomic mass is 19.1. The molecule has 0 fully saturated rings. The van der Waals surface area contributed by atoms with E-state index in [4.69, 9.17) is 4.74 Å². The maximum absolute atomic E-state index is 13.1. The molecule has 148 valence electrons. The Kier molecular flexibility index (Phi) is 6.58. The maximum atomic E-state index is 13.1. The molecule has 0 aliphatic rings. The highest BCUT2D eigenvalue weighted by Crippen LogP contribution is 2.29. The van der Waals surface area contributed by atoms with Gasteiger partial charge in [0.05, 0.1) is 18.4 Å². The Morgan fingerprint density at radius 3 is 2.31 bits per heavy atom. The summed E-state index contributed by atoms with van der Waals surface area (Å²) in [4.78, 5) is 25.3. The molecule has 0 spiro atoms. The fourth-order valence-corrected chi connectivity index (χ4v) is 2.87. The van der Waals surface area contributed by atoms with Gasteiger partial charge in [-0.1, -0.05) is 36.4 Å². The first-order chi connectivity index (χ1) is 14.1. The van der Waals surface area contributed by atoms with E-state index in [9.17, 15) is 14.0 Å². The first kappa shape index (κ1) is 20.1. The average Bonchev–Trinajstić information content (AvgIpc) is 2.75. The lowest BCUT2D eigenvalue weighted by atomic mass is 10.1. The van der Waals surface area contributed by atoms with E-state index in [0.717, 1.165) is 5.56 Å². The standard InChI is InChI=1S/C23H21FN2O3/c1-29-20-9-5-8-19(23(28)25-15-14-16-6-3-2-4-7-16)21(20)26-22(27)17-10-12-18(24)13-11-17/h2-13H,14-15H2,1H3,(H,25,28)(H,26,27). The highest BCUT2D eigenvalue weighted by molar-refractivity contribution is 6.10. The molecule has 2 amide bonds. The molecule has 3 aromatic rings. The Labute approximate surface area is 168 Å². The van der Waals surface area contributed by atoms with Gasteiger partial charge in [-0.05, 0) is 48.4 Å². The van der Waals surface area contributed by atoms with E-state index >= 15 is 0 Å². The van der Waals surface area contributed by atoms with Gasteiger partial charge in [0.15, 0.2) is 0 Å². The number of ether oxygens (including phenoxy) is 1. The number of methoxy groups -OCH3 is 1. The Bertz CT molecular complexity index is 989. The molecule has 3 aromatic carbocycles. The quantitative estimate of drug-likeness (QED) is 0.637. The number of hydrogen-bond acceptors (Lipinski definition) is 3. The van der Waals surface area contributed by atoms with Gasteiger partial charge < -0.3 is 15.4 Å². The molecule has 0 atom stereocenters. The lowest BCUT2D eigenvalue weighted by Crippen LogP contribution is -2.27. The summed E-state index contributed by atoms with van der Waals surface area (Å²) in [5.41, 5.74) is 1.94. The first-order valence-corrected chi connectivity index (χ1v) is 9.14. The number of para-hydroxylation sites is 1. The number of nitrogens with one attached hydrogen (secondary N) is 2. The number of amides is 2. The van der Waals surface area contributed by atoms with Gasteiger partial charge in [0, 0.05) is 12.1 Å². The monoisotopic (exact) mass is 392 g/mol. The van der Waals surface area contributed by atoms with E-state index in [2.05, 4.69) is 10.6 Å². The topological polar surface area (TPSA) is 67.4 Å². The van der Waals surface area contributed by atoms with Crippen molar-refractivity contribution in [2.45, 2.75) is 6.42 Å². The molecule has 0 bridgehead atoms. The van der Waals surface area contributed by atoms with E-state index in [0.29, 0.717) is 18.7 Å². The van der Waals surface area contributed by atoms with E-state index in [1.165, 1.54) is 31.4 Å². The minimum atomic E-state index is -0.465. The Morgan fingerprint density at radius 2 is 1.62 bits per heavy atom. The van der Waals surface area contributed by atoms with Crippen LogP contribution in [0, 0.1) is 5.82 Å². The SMILES string of the molecule is COc1cccc(C(=O)NCCc2ccccc2)c1NC(=O)c1ccc(F)cc1. The van der Waals surface area contributed by atoms with Gasteiger partial charge in [0.2, 0.25) is 0 Å². The second-order valence-electron chi connectivity index (χ2n) is 6.34. The summed E-state index contributed by atoms with van der Waals surface area (Å²) in [7, 11) is 1.46. The van der Waals surface area contributed by atoms with Crippen molar-refractivity contribution in [3.05, 3.63) is 95.3 Å². The molecule has 0 unspecified atom stereocenters. The van der Waals surface area contributed by atoms with Gasteiger partial charge in [-0.15, -0.1) is 0 Å². The number of benzene rings is 3. The lowest BCUT2D eigenvalue weighted by Gasteiger charge is -2.15. The van der Waals surface area contributed by atoms with Crippen molar-refractivity contribution in [1.29, 1.82) is 0 Å². The van der Waals surface area contributed by atoms with Gasteiger partial charge in [-0.2, -0.15) is 0 Å². The number of hydrogen-bond donors (Lipinski definition) is 2. The number of carbonyl (C=O) groups excluding carboxylic acids is 2. The third-order valence-electron chi connectivity index (χ3n) is 4.38. The van der Waals surface area contributed by atoms with Crippen LogP contribution in [-0.2, 0) is 6.42 Å². The summed E-state index contributed by atoms with van der Waals surface area (Å²) in [6.07, 6.45) is 0.688. The van der Waals surface area contributed by atoms with Crippen LogP contribution in [0.25, 0.3) is 0 Å². The summed E-state index contributed by atoms with van der Waals surface area (Å²) in [5.74, 6) is -0.865. The van der Waals surface area contributed by atoms with Crippen molar-refractivity contribution < 1.29 is 18.7 Å². The summed E-state index contributed by atoms with van der Waals surface area (Å²) < 4.78 is 18.4. The zero-order valence-electron chi connectivity index (χ0n) is 15.9. The molecule has 0 saturated carbocycles. The molecule has 0 heterocycles. The number of anilines is 1. The number of carbonyl (C=O) groups is 2. The van der Waals surface area contributed by atoms with E-state index in [-0.39, 0.29) is 22.7 Å². The predicted molar refractivity (Wildman–Crippen MR) is 110 cm³/mol. The zero-order chi connectivity index (χ0) is 20.6. The molecular weight excluding hydrogens is 371 g/mol. The van der Waals surface area contributed by atoms with Crippen LogP contribution in [0.3, 0.4) is 0 Å². The fourth-order valence-electron chi connectivity index (χ4n) is 2.87. The van der Waals surface area contributed by atoms with Crippen LogP contribution in [0.2, 0.25) is 0 Å². The van der Waals surface area contributed by atoms with Gasteiger partial charge >= 0.3 is 0 Å². The van der Waals surface area contributed by atoms with Crippen LogP contribution in [0.4, 0.5) is 10.1 Å². The largest absolute Gasteiger partial charge is 0.495 e. The van der Waals surface area contributed by atoms with E-state index in [1.807, 2.05) is 30.3 Å². The maximum Gasteiger partial charge on any atom is 0.255 e. The van der Waals surface area contributed by atoms with Gasteiger partial charge in [0.25, 0.3) is 11.8 Å². The second-order valence-corrected chi connectivity index (χ2v) is 6.34. The van der Waals surface area contributed by atoms with Crippen LogP contribution in [0.15, 0.2) is 72.8 Å². The summed E-state index contributed by atoms with van der Waals surface area (Å²) in [5, 5.41) is 5.57. The molecule has 0 radical (unpaired) electrons. The summed E-state index contributed by atoms with van der Waals surface area (Å²) in [6, 6.07) is 19.9. The Balaban J connectivity index is 1.75. The Hall–Kier alpha value is -3.67. The second kappa shape index (κ2) is 9.50. The summed E-state index contributed by atoms with van der Waals surface area (Å²) >= 11 is 0. The van der Waals surface area contributed by atoms with Crippen LogP contribution >= 0.6 is 0 Å². The van der Waals surface area contributed by atoms with Gasteiger partial charge in [-0.3, -0.25) is 9.59 Å². The van der Waals surface area contributed by atoms with Gasteiger partial charge in [-0.25, -0.2) is 4.39 Å². The van der Waals surface area contributed by atoms with E-state index < -0.39 is 11.7 Å². The van der Waals surface area contributed by atoms with Crippen molar-refractivity contribution in [2.24, 2.45) is 0 Å². The molecule has 3 rings (SSSR count). The fraction of sp³-hybridized carbons (Fsp3) is 0.130. The third-order valence-corrected chi connectivity index (χ3v) is 4.38. The molecule has 6 heteroatoms. The van der Waals surface area contributed by atoms with Gasteiger partial charge in [0.1, 0.15) is 11.6 Å². The summed E-state index contributed by atoms with van der Waals surface area (Å²) in [6.45, 7) is 0.450. The first-order valence-electron chi connectivity index (χ1n) is 9.14. The van der Waals surface area contributed by atoms with Crippen LogP contribution in [0.1, 0.15) is 26.3 Å². The molecule has 2 N–H and O–H groups in total. The smallest absolute Gasteiger partial charge is 0.255 e. The van der Waals surface area contributed by atoms with Crippen molar-refractivity contribution in [2.75, 3.05) is 19.0 Å². The predicted octanol–water partition coefficient (Wildman–Crippen LogP) is 4.06. The molecule has 0 aromatic heterocycles.